The van der Waals surface area contributed by atoms with Crippen LogP contribution in [0.3, 0.4) is 0 Å². The molecule has 5 heterocycles. The number of nitrogens with one attached hydrogen (secondary N) is 2. The van der Waals surface area contributed by atoms with Gasteiger partial charge in [0.15, 0.2) is 17.3 Å². The summed E-state index contributed by atoms with van der Waals surface area (Å²) in [6.07, 6.45) is 0.869. The van der Waals surface area contributed by atoms with E-state index in [1.54, 1.807) is 0 Å². The Morgan fingerprint density at radius 1 is 1.21 bits per heavy atom. The van der Waals surface area contributed by atoms with Crippen LogP contribution in [0.15, 0.2) is 12.4 Å². The van der Waals surface area contributed by atoms with Crippen LogP contribution in [0, 0.1) is 11.7 Å². The van der Waals surface area contributed by atoms with Gasteiger partial charge in [0.1, 0.15) is 11.7 Å². The molecule has 3 aliphatic rings. The fourth-order valence-electron chi connectivity index (χ4n) is 5.23. The Bertz CT molecular complexity index is 1080. The maximum Gasteiger partial charge on any atom is 0.259 e. The Labute approximate surface area is 195 Å². The number of hydrogen-bond donors (Lipinski definition) is 3. The second kappa shape index (κ2) is 9.04. The summed E-state index contributed by atoms with van der Waals surface area (Å²) in [6, 6.07) is -1.08. The molecule has 3 unspecified atom stereocenters. The largest absolute Gasteiger partial charge is 0.381 e. The zero-order chi connectivity index (χ0) is 24.0. The van der Waals surface area contributed by atoms with E-state index >= 15 is 4.39 Å². The number of piperazine rings is 1. The van der Waals surface area contributed by atoms with Crippen molar-refractivity contribution in [1.82, 2.24) is 39.9 Å². The summed E-state index contributed by atoms with van der Waals surface area (Å²) in [5.41, 5.74) is 6.07. The number of rotatable bonds is 4. The van der Waals surface area contributed by atoms with Crippen molar-refractivity contribution in [2.75, 3.05) is 65.1 Å². The van der Waals surface area contributed by atoms with Crippen LogP contribution >= 0.6 is 0 Å². The zero-order valence-electron chi connectivity index (χ0n) is 19.0. The summed E-state index contributed by atoms with van der Waals surface area (Å²) >= 11 is 0. The summed E-state index contributed by atoms with van der Waals surface area (Å²) in [6.45, 7) is 4.26. The second-order valence-corrected chi connectivity index (χ2v) is 9.32. The number of amides is 2. The Balaban J connectivity index is 1.27. The molecular weight excluding hydrogens is 448 g/mol. The predicted molar refractivity (Wildman–Crippen MR) is 119 cm³/mol. The molecule has 184 valence electrons. The van der Waals surface area contributed by atoms with Crippen LogP contribution in [0.5, 0.6) is 0 Å². The number of carbonyl (C=O) groups is 2. The maximum atomic E-state index is 15.1. The van der Waals surface area contributed by atoms with Crippen molar-refractivity contribution < 1.29 is 18.4 Å². The topological polar surface area (TPSA) is 124 Å². The third kappa shape index (κ3) is 4.18. The Kier molecular flexibility index (Phi) is 6.08. The fraction of sp³-hybridized carbons (Fsp3) is 0.619. The van der Waals surface area contributed by atoms with Crippen LogP contribution in [0.2, 0.25) is 0 Å². The standard InChI is InChI=1S/C21H29F2N9O2/c1-29-9-12(10-29)21(34)31-4-2-30(3-5-31)17-14(23)7-25-8-15(17)27-20(33)16-18(24)28-32-11-13(22)6-26-19(16)32/h6,11-12,14-15,17,25H,2-5,7-10H2,1H3,(H2,24,28)(H,27,33). The molecule has 3 fully saturated rings. The van der Waals surface area contributed by atoms with Gasteiger partial charge in [-0.05, 0) is 7.05 Å². The number of likely N-dealkylation sites (tertiary alicyclic amines) is 1. The van der Waals surface area contributed by atoms with E-state index in [0.717, 1.165) is 30.0 Å². The first-order valence-electron chi connectivity index (χ1n) is 11.5. The normalized spacial score (nSPS) is 27.0. The molecule has 0 bridgehead atoms. The molecule has 3 atom stereocenters. The van der Waals surface area contributed by atoms with Gasteiger partial charge in [-0.3, -0.25) is 14.5 Å². The Morgan fingerprint density at radius 3 is 2.65 bits per heavy atom. The highest BCUT2D eigenvalue weighted by Gasteiger charge is 2.41. The van der Waals surface area contributed by atoms with Crippen LogP contribution in [0.25, 0.3) is 5.65 Å². The van der Waals surface area contributed by atoms with Gasteiger partial charge in [0.2, 0.25) is 5.91 Å². The maximum absolute atomic E-state index is 15.1. The number of aromatic nitrogens is 3. The van der Waals surface area contributed by atoms with Crippen LogP contribution in [0.1, 0.15) is 10.4 Å². The molecule has 13 heteroatoms. The van der Waals surface area contributed by atoms with Gasteiger partial charge in [-0.15, -0.1) is 5.10 Å². The van der Waals surface area contributed by atoms with Crippen molar-refractivity contribution in [3.8, 4) is 0 Å². The van der Waals surface area contributed by atoms with Gasteiger partial charge < -0.3 is 26.2 Å². The summed E-state index contributed by atoms with van der Waals surface area (Å²) in [5, 5.41) is 9.87. The summed E-state index contributed by atoms with van der Waals surface area (Å²) in [7, 11) is 1.99. The molecule has 5 rings (SSSR count). The van der Waals surface area contributed by atoms with Crippen molar-refractivity contribution in [3.63, 3.8) is 0 Å². The molecule has 3 saturated heterocycles. The van der Waals surface area contributed by atoms with Crippen LogP contribution in [-0.4, -0.2) is 119 Å². The van der Waals surface area contributed by atoms with Gasteiger partial charge in [-0.25, -0.2) is 18.3 Å². The average molecular weight is 478 g/mol. The number of piperidine rings is 1. The fourth-order valence-corrected chi connectivity index (χ4v) is 5.23. The monoisotopic (exact) mass is 477 g/mol. The molecular formula is C21H29F2N9O2. The molecule has 2 aromatic rings. The number of nitrogens with two attached hydrogens (primary N) is 1. The lowest BCUT2D eigenvalue weighted by molar-refractivity contribution is -0.143. The highest BCUT2D eigenvalue weighted by Crippen LogP contribution is 2.22. The van der Waals surface area contributed by atoms with E-state index in [0.29, 0.717) is 32.7 Å². The van der Waals surface area contributed by atoms with E-state index < -0.39 is 30.0 Å². The lowest BCUT2D eigenvalue weighted by atomic mass is 9.95. The first-order valence-corrected chi connectivity index (χ1v) is 11.5. The molecule has 34 heavy (non-hydrogen) atoms. The van der Waals surface area contributed by atoms with Crippen LogP contribution in [0.4, 0.5) is 14.6 Å². The SMILES string of the molecule is CN1CC(C(=O)N2CCN(C3C(F)CNCC3NC(=O)c3c(N)nn4cc(F)cnc34)CC2)C1. The molecule has 0 radical (unpaired) electrons. The molecule has 0 aromatic carbocycles. The number of nitrogen functional groups attached to an aromatic ring is 1. The number of carbonyl (C=O) groups excluding carboxylic acids is 2. The first-order chi connectivity index (χ1) is 16.3. The van der Waals surface area contributed by atoms with Gasteiger partial charge in [0, 0.05) is 52.4 Å². The zero-order valence-corrected chi connectivity index (χ0v) is 19.0. The van der Waals surface area contributed by atoms with Gasteiger partial charge >= 0.3 is 0 Å². The van der Waals surface area contributed by atoms with Crippen molar-refractivity contribution in [2.45, 2.75) is 18.3 Å². The highest BCUT2D eigenvalue weighted by atomic mass is 19.1. The van der Waals surface area contributed by atoms with Crippen molar-refractivity contribution in [2.24, 2.45) is 5.92 Å². The molecule has 11 nitrogen and oxygen atoms in total. The molecule has 2 aromatic heterocycles. The third-order valence-corrected chi connectivity index (χ3v) is 6.96. The second-order valence-electron chi connectivity index (χ2n) is 9.32. The summed E-state index contributed by atoms with van der Waals surface area (Å²) < 4.78 is 29.7. The average Bonchev–Trinajstić information content (AvgIpc) is 3.11. The minimum Gasteiger partial charge on any atom is -0.381 e. The Hall–Kier alpha value is -2.90. The molecule has 2 amide bonds. The Morgan fingerprint density at radius 2 is 1.94 bits per heavy atom. The number of nitrogens with zero attached hydrogens (tertiary/aromatic N) is 6. The quantitative estimate of drug-likeness (QED) is 0.490. The highest BCUT2D eigenvalue weighted by molar-refractivity contribution is 6.04. The van der Waals surface area contributed by atoms with Gasteiger partial charge in [-0.1, -0.05) is 0 Å². The number of alkyl halides is 1. The molecule has 0 spiro atoms. The third-order valence-electron chi connectivity index (χ3n) is 6.96. The van der Waals surface area contributed by atoms with Gasteiger partial charge in [0.25, 0.3) is 5.91 Å². The van der Waals surface area contributed by atoms with E-state index in [1.165, 1.54) is 0 Å². The van der Waals surface area contributed by atoms with E-state index in [1.807, 2.05) is 16.8 Å². The van der Waals surface area contributed by atoms with E-state index in [4.69, 9.17) is 5.73 Å². The van der Waals surface area contributed by atoms with Gasteiger partial charge in [-0.2, -0.15) is 0 Å². The minimum absolute atomic E-state index is 0.0283. The lowest BCUT2D eigenvalue weighted by Gasteiger charge is -2.47. The van der Waals surface area contributed by atoms with Crippen LogP contribution in [-0.2, 0) is 4.79 Å². The number of halogens is 2. The van der Waals surface area contributed by atoms with E-state index in [9.17, 15) is 14.0 Å². The van der Waals surface area contributed by atoms with Crippen molar-refractivity contribution in [1.29, 1.82) is 0 Å². The lowest BCUT2D eigenvalue weighted by Crippen LogP contribution is -2.67. The molecule has 0 saturated carbocycles. The first kappa shape index (κ1) is 22.9. The summed E-state index contributed by atoms with van der Waals surface area (Å²) in [5.74, 6) is -1.02. The van der Waals surface area contributed by atoms with E-state index in [-0.39, 0.29) is 35.4 Å². The molecule has 3 aliphatic heterocycles. The smallest absolute Gasteiger partial charge is 0.259 e. The molecule has 4 N–H and O–H groups in total. The number of hydrogen-bond acceptors (Lipinski definition) is 8. The molecule has 0 aliphatic carbocycles. The van der Waals surface area contributed by atoms with Crippen LogP contribution < -0.4 is 16.4 Å². The van der Waals surface area contributed by atoms with Gasteiger partial charge in [0.05, 0.1) is 30.4 Å². The number of fused-ring (bicyclic) bond motifs is 1. The van der Waals surface area contributed by atoms with E-state index in [2.05, 4.69) is 25.6 Å². The predicted octanol–water partition coefficient (Wildman–Crippen LogP) is -1.44. The number of anilines is 1. The minimum atomic E-state index is -1.20. The van der Waals surface area contributed by atoms with Crippen molar-refractivity contribution in [3.05, 3.63) is 23.8 Å². The summed E-state index contributed by atoms with van der Waals surface area (Å²) in [4.78, 5) is 35.7. The van der Waals surface area contributed by atoms with Crippen molar-refractivity contribution >= 4 is 23.3 Å².